The number of H-pyrrole nitrogens is 1. The molecule has 0 amide bonds. The van der Waals surface area contributed by atoms with Crippen LogP contribution in [0.5, 0.6) is 0 Å². The van der Waals surface area contributed by atoms with Crippen LogP contribution in [0.1, 0.15) is 5.69 Å². The molecule has 0 aliphatic rings. The van der Waals surface area contributed by atoms with Gasteiger partial charge in [0.1, 0.15) is 0 Å². The molecule has 0 radical (unpaired) electrons. The van der Waals surface area contributed by atoms with Crippen LogP contribution in [0.3, 0.4) is 0 Å². The summed E-state index contributed by atoms with van der Waals surface area (Å²) in [6.07, 6.45) is 7.12. The predicted molar refractivity (Wildman–Crippen MR) is 99.6 cm³/mol. The van der Waals surface area contributed by atoms with Gasteiger partial charge in [-0.05, 0) is 18.4 Å². The van der Waals surface area contributed by atoms with E-state index in [1.54, 1.807) is 18.5 Å². The van der Waals surface area contributed by atoms with Gasteiger partial charge < -0.3 is 4.98 Å². The Kier molecular flexibility index (Phi) is 5.67. The van der Waals surface area contributed by atoms with Crippen LogP contribution in [-0.2, 0) is 12.3 Å². The molecule has 0 spiro atoms. The summed E-state index contributed by atoms with van der Waals surface area (Å²) in [5, 5.41) is 9.93. The molecule has 1 N–H and O–H groups in total. The molecular formula is C16H16N6OS2. The Bertz CT molecular complexity index is 922. The van der Waals surface area contributed by atoms with Gasteiger partial charge in [0.15, 0.2) is 16.1 Å². The van der Waals surface area contributed by atoms with E-state index in [1.807, 2.05) is 23.0 Å². The third-order valence-corrected chi connectivity index (χ3v) is 4.86. The number of aromatic amines is 1. The first-order valence-electron chi connectivity index (χ1n) is 7.42. The lowest BCUT2D eigenvalue weighted by molar-refractivity contribution is 0.730. The molecule has 0 aromatic carbocycles. The average molecular weight is 372 g/mol. The maximum atomic E-state index is 11.7. The Morgan fingerprint density at radius 2 is 2.12 bits per heavy atom. The number of allylic oxidation sites excluding steroid dienone is 1. The zero-order valence-electron chi connectivity index (χ0n) is 13.5. The molecule has 3 aromatic heterocycles. The van der Waals surface area contributed by atoms with Crippen molar-refractivity contribution in [3.63, 3.8) is 0 Å². The van der Waals surface area contributed by atoms with Crippen molar-refractivity contribution in [3.8, 4) is 11.4 Å². The summed E-state index contributed by atoms with van der Waals surface area (Å²) >= 11 is 2.89. The first-order valence-corrected chi connectivity index (χ1v) is 9.64. The van der Waals surface area contributed by atoms with Gasteiger partial charge in [0.2, 0.25) is 0 Å². The van der Waals surface area contributed by atoms with E-state index in [0.717, 1.165) is 16.5 Å². The molecular weight excluding hydrogens is 356 g/mol. The molecule has 3 aromatic rings. The molecule has 9 heteroatoms. The van der Waals surface area contributed by atoms with Gasteiger partial charge in [-0.25, -0.2) is 4.98 Å². The van der Waals surface area contributed by atoms with Crippen molar-refractivity contribution in [2.24, 2.45) is 0 Å². The van der Waals surface area contributed by atoms with Gasteiger partial charge in [-0.3, -0.25) is 14.3 Å². The molecule has 0 bridgehead atoms. The highest BCUT2D eigenvalue weighted by Crippen LogP contribution is 2.25. The zero-order chi connectivity index (χ0) is 17.6. The maximum Gasteiger partial charge on any atom is 0.251 e. The standard InChI is InChI=1S/C16H16N6OS2/c1-3-8-22-14(11-4-6-17-7-5-11)20-21-16(22)25-10-12-9-13(23)19-15(18-12)24-2/h3-7,9H,1,8,10H2,2H3,(H,18,19,23). The SMILES string of the molecule is C=CCn1c(SCc2cc(=O)[nH]c(SC)n2)nnc1-c1ccncc1. The largest absolute Gasteiger partial charge is 0.301 e. The molecule has 3 heterocycles. The lowest BCUT2D eigenvalue weighted by atomic mass is 10.2. The fourth-order valence-corrected chi connectivity index (χ4v) is 3.45. The number of thioether (sulfide) groups is 2. The summed E-state index contributed by atoms with van der Waals surface area (Å²) in [7, 11) is 0. The Balaban J connectivity index is 1.85. The van der Waals surface area contributed by atoms with Crippen molar-refractivity contribution in [2.45, 2.75) is 22.6 Å². The van der Waals surface area contributed by atoms with Crippen molar-refractivity contribution >= 4 is 23.5 Å². The molecule has 7 nitrogen and oxygen atoms in total. The summed E-state index contributed by atoms with van der Waals surface area (Å²) in [5.74, 6) is 1.29. The van der Waals surface area contributed by atoms with Gasteiger partial charge in [0, 0.05) is 36.3 Å². The number of rotatable bonds is 7. The minimum Gasteiger partial charge on any atom is -0.301 e. The van der Waals surface area contributed by atoms with Gasteiger partial charge >= 0.3 is 0 Å². The number of nitrogens with zero attached hydrogens (tertiary/aromatic N) is 5. The van der Waals surface area contributed by atoms with Crippen LogP contribution in [0.2, 0.25) is 0 Å². The molecule has 0 atom stereocenters. The van der Waals surface area contributed by atoms with E-state index in [-0.39, 0.29) is 5.56 Å². The van der Waals surface area contributed by atoms with Gasteiger partial charge in [-0.1, -0.05) is 29.6 Å². The number of hydrogen-bond donors (Lipinski definition) is 1. The monoisotopic (exact) mass is 372 g/mol. The van der Waals surface area contributed by atoms with Gasteiger partial charge in [0.05, 0.1) is 5.69 Å². The minimum atomic E-state index is -0.153. The highest BCUT2D eigenvalue weighted by molar-refractivity contribution is 7.98. The molecule has 0 saturated carbocycles. The van der Waals surface area contributed by atoms with Crippen LogP contribution in [0.15, 0.2) is 58.4 Å². The van der Waals surface area contributed by atoms with Crippen LogP contribution in [-0.4, -0.2) is 36.0 Å². The third-order valence-electron chi connectivity index (χ3n) is 3.28. The van der Waals surface area contributed by atoms with E-state index >= 15 is 0 Å². The van der Waals surface area contributed by atoms with Crippen LogP contribution in [0.4, 0.5) is 0 Å². The number of pyridine rings is 1. The topological polar surface area (TPSA) is 89.4 Å². The van der Waals surface area contributed by atoms with Gasteiger partial charge in [0.25, 0.3) is 5.56 Å². The first-order chi connectivity index (χ1) is 12.2. The number of nitrogens with one attached hydrogen (secondary N) is 1. The molecule has 0 saturated heterocycles. The van der Waals surface area contributed by atoms with E-state index in [9.17, 15) is 4.79 Å². The lowest BCUT2D eigenvalue weighted by Crippen LogP contribution is -2.09. The van der Waals surface area contributed by atoms with Crippen molar-refractivity contribution in [2.75, 3.05) is 6.26 Å². The summed E-state index contributed by atoms with van der Waals surface area (Å²) in [6.45, 7) is 4.39. The first kappa shape index (κ1) is 17.4. The molecule has 0 aliphatic carbocycles. The van der Waals surface area contributed by atoms with E-state index in [1.165, 1.54) is 29.6 Å². The minimum absolute atomic E-state index is 0.153. The third kappa shape index (κ3) is 4.18. The van der Waals surface area contributed by atoms with Gasteiger partial charge in [-0.2, -0.15) is 0 Å². The Labute approximate surface area is 153 Å². The van der Waals surface area contributed by atoms with Crippen molar-refractivity contribution in [1.82, 2.24) is 29.7 Å². The Morgan fingerprint density at radius 3 is 2.84 bits per heavy atom. The molecule has 0 aliphatic heterocycles. The highest BCUT2D eigenvalue weighted by atomic mass is 32.2. The summed E-state index contributed by atoms with van der Waals surface area (Å²) in [4.78, 5) is 22.8. The summed E-state index contributed by atoms with van der Waals surface area (Å²) < 4.78 is 1.98. The fraction of sp³-hybridized carbons (Fsp3) is 0.188. The Hall–Kier alpha value is -2.39. The van der Waals surface area contributed by atoms with Crippen LogP contribution in [0.25, 0.3) is 11.4 Å². The van der Waals surface area contributed by atoms with E-state index in [4.69, 9.17) is 0 Å². The number of aromatic nitrogens is 6. The van der Waals surface area contributed by atoms with Crippen molar-refractivity contribution < 1.29 is 0 Å². The molecule has 25 heavy (non-hydrogen) atoms. The fourth-order valence-electron chi connectivity index (χ4n) is 2.20. The van der Waals surface area contributed by atoms with Crippen molar-refractivity contribution in [3.05, 3.63) is 59.3 Å². The van der Waals surface area contributed by atoms with E-state index in [0.29, 0.717) is 23.1 Å². The average Bonchev–Trinajstić information content (AvgIpc) is 3.03. The quantitative estimate of drug-likeness (QED) is 0.387. The maximum absolute atomic E-state index is 11.7. The summed E-state index contributed by atoms with van der Waals surface area (Å²) in [5.41, 5.74) is 1.49. The molecule has 3 rings (SSSR count). The summed E-state index contributed by atoms with van der Waals surface area (Å²) in [6, 6.07) is 5.28. The molecule has 0 fully saturated rings. The second-order valence-electron chi connectivity index (χ2n) is 4.98. The second kappa shape index (κ2) is 8.13. The van der Waals surface area contributed by atoms with Crippen LogP contribution in [0, 0.1) is 0 Å². The van der Waals surface area contributed by atoms with E-state index in [2.05, 4.69) is 31.7 Å². The predicted octanol–water partition coefficient (Wildman–Crippen LogP) is 2.62. The second-order valence-corrected chi connectivity index (χ2v) is 6.71. The smallest absolute Gasteiger partial charge is 0.251 e. The molecule has 128 valence electrons. The van der Waals surface area contributed by atoms with Crippen LogP contribution < -0.4 is 5.56 Å². The molecule has 0 unspecified atom stereocenters. The zero-order valence-corrected chi connectivity index (χ0v) is 15.2. The number of hydrogen-bond acceptors (Lipinski definition) is 7. The van der Waals surface area contributed by atoms with Crippen molar-refractivity contribution in [1.29, 1.82) is 0 Å². The van der Waals surface area contributed by atoms with Crippen LogP contribution >= 0.6 is 23.5 Å². The lowest BCUT2D eigenvalue weighted by Gasteiger charge is -2.07. The van der Waals surface area contributed by atoms with E-state index < -0.39 is 0 Å². The van der Waals surface area contributed by atoms with Gasteiger partial charge in [-0.15, -0.1) is 16.8 Å². The normalized spacial score (nSPS) is 10.8. The highest BCUT2D eigenvalue weighted by Gasteiger charge is 2.14. The Morgan fingerprint density at radius 1 is 1.32 bits per heavy atom.